The summed E-state index contributed by atoms with van der Waals surface area (Å²) in [7, 11) is 9.59. The first-order valence-corrected chi connectivity index (χ1v) is 20.7. The second kappa shape index (κ2) is 21.5. The summed E-state index contributed by atoms with van der Waals surface area (Å²) in [6, 6.07) is 7.14. The Labute approximate surface area is 283 Å². The van der Waals surface area contributed by atoms with Gasteiger partial charge in [-0.15, -0.1) is 0 Å². The van der Waals surface area contributed by atoms with Crippen LogP contribution >= 0.6 is 20.2 Å². The molecule has 0 aliphatic heterocycles. The SMILES string of the molecule is CCCCc1cc(CCCC)n(C(C)(n2nc(CCCC)cc2CCCC)n2nc(CCCC)cc2CCCC)n1.[Cl][Mn][Cl]. The molecule has 0 aromatic carbocycles. The maximum atomic E-state index is 5.41. The molecule has 0 fully saturated rings. The Kier molecular flexibility index (Phi) is 19.0. The Morgan fingerprint density at radius 1 is 0.500 bits per heavy atom. The van der Waals surface area contributed by atoms with Crippen LogP contribution in [0.4, 0.5) is 0 Å². The van der Waals surface area contributed by atoms with Crippen molar-refractivity contribution in [1.29, 1.82) is 0 Å². The monoisotopic (exact) mass is 689 g/mol. The van der Waals surface area contributed by atoms with Crippen LogP contribution in [0.1, 0.15) is 160 Å². The molecule has 0 spiro atoms. The van der Waals surface area contributed by atoms with Gasteiger partial charge in [0.15, 0.2) is 0 Å². The Morgan fingerprint density at radius 3 is 0.955 bits per heavy atom. The normalized spacial score (nSPS) is 11.7. The van der Waals surface area contributed by atoms with Crippen LogP contribution < -0.4 is 0 Å². The summed E-state index contributed by atoms with van der Waals surface area (Å²) in [6.45, 7) is 16.0. The van der Waals surface area contributed by atoms with E-state index < -0.39 is 5.79 Å². The van der Waals surface area contributed by atoms with Gasteiger partial charge in [-0.2, -0.15) is 15.3 Å². The van der Waals surface area contributed by atoms with Crippen molar-refractivity contribution in [3.05, 3.63) is 52.4 Å². The van der Waals surface area contributed by atoms with Crippen LogP contribution in [0.2, 0.25) is 0 Å². The summed E-state index contributed by atoms with van der Waals surface area (Å²) in [6.07, 6.45) is 20.1. The van der Waals surface area contributed by atoms with E-state index in [0.29, 0.717) is 0 Å². The van der Waals surface area contributed by atoms with Crippen LogP contribution in [0.25, 0.3) is 0 Å². The maximum absolute atomic E-state index is 5.41. The summed E-state index contributed by atoms with van der Waals surface area (Å²) < 4.78 is 6.98. The van der Waals surface area contributed by atoms with Crippen LogP contribution in [-0.2, 0) is 57.4 Å². The van der Waals surface area contributed by atoms with Gasteiger partial charge in [-0.1, -0.05) is 80.1 Å². The van der Waals surface area contributed by atoms with Crippen molar-refractivity contribution in [3.63, 3.8) is 0 Å². The number of nitrogens with zero attached hydrogens (tertiary/aromatic N) is 6. The molecule has 0 saturated heterocycles. The van der Waals surface area contributed by atoms with Crippen LogP contribution in [0, 0.1) is 0 Å². The zero-order valence-electron chi connectivity index (χ0n) is 28.8. The molecule has 3 aromatic heterocycles. The second-order valence-corrected chi connectivity index (χ2v) is 14.2. The molecule has 0 N–H and O–H groups in total. The van der Waals surface area contributed by atoms with E-state index in [1.54, 1.807) is 0 Å². The Hall–Kier alpha value is -1.27. The van der Waals surface area contributed by atoms with Gasteiger partial charge in [0.05, 0.1) is 17.1 Å². The van der Waals surface area contributed by atoms with Gasteiger partial charge in [-0.25, -0.2) is 14.0 Å². The van der Waals surface area contributed by atoms with E-state index in [0.717, 1.165) is 77.0 Å². The van der Waals surface area contributed by atoms with Gasteiger partial charge in [0, 0.05) is 24.0 Å². The fraction of sp³-hybridized carbons (Fsp3) is 0.743. The van der Waals surface area contributed by atoms with Gasteiger partial charge in [-0.3, -0.25) is 0 Å². The van der Waals surface area contributed by atoms with Crippen molar-refractivity contribution in [3.8, 4) is 0 Å². The molecule has 251 valence electrons. The van der Waals surface area contributed by atoms with E-state index in [4.69, 9.17) is 35.5 Å². The molecule has 0 aliphatic carbocycles. The third kappa shape index (κ3) is 10.9. The Balaban J connectivity index is 0.00000216. The van der Waals surface area contributed by atoms with Crippen molar-refractivity contribution in [2.24, 2.45) is 0 Å². The number of aryl methyl sites for hydroxylation is 6. The number of unbranched alkanes of at least 4 members (excludes halogenated alkanes) is 6. The first kappa shape index (κ1) is 38.9. The number of hydrogen-bond acceptors (Lipinski definition) is 3. The van der Waals surface area contributed by atoms with Crippen molar-refractivity contribution in [1.82, 2.24) is 29.3 Å². The van der Waals surface area contributed by atoms with Crippen LogP contribution in [0.5, 0.6) is 0 Å². The van der Waals surface area contributed by atoms with E-state index in [-0.39, 0.29) is 13.1 Å². The van der Waals surface area contributed by atoms with Crippen LogP contribution in [0.15, 0.2) is 18.2 Å². The fourth-order valence-corrected chi connectivity index (χ4v) is 5.84. The van der Waals surface area contributed by atoms with E-state index >= 15 is 0 Å². The molecule has 3 aromatic rings. The molecule has 0 unspecified atom stereocenters. The van der Waals surface area contributed by atoms with E-state index in [1.165, 1.54) is 72.7 Å². The van der Waals surface area contributed by atoms with E-state index in [1.807, 2.05) is 0 Å². The molecule has 6 nitrogen and oxygen atoms in total. The summed E-state index contributed by atoms with van der Waals surface area (Å²) in [4.78, 5) is 0. The third-order valence-corrected chi connectivity index (χ3v) is 8.42. The standard InChI is InChI=1S/C35H60N6.2ClH.Mn/c1-8-14-20-29-26-32(23-17-11-4)39(36-29)35(7,40-33(24-18-12-5)27-30(37-40)21-15-9-2)41-34(25-19-13-6)28-31(38-41)22-16-10-3;;;/h26-28H,8-25H2,1-7H3;2*1H;/q;;;+2/p-2. The van der Waals surface area contributed by atoms with Gasteiger partial charge in [0.2, 0.25) is 5.79 Å². The van der Waals surface area contributed by atoms with Crippen molar-refractivity contribution in [2.45, 2.75) is 170 Å². The molecule has 9 heteroatoms. The fourth-order valence-electron chi connectivity index (χ4n) is 5.84. The molecule has 0 saturated carbocycles. The average molecular weight is 691 g/mol. The molecule has 0 amide bonds. The first-order valence-electron chi connectivity index (χ1n) is 17.5. The van der Waals surface area contributed by atoms with Crippen molar-refractivity contribution in [2.75, 3.05) is 0 Å². The number of hydrogen-bond donors (Lipinski definition) is 0. The predicted octanol–water partition coefficient (Wildman–Crippen LogP) is 10.4. The van der Waals surface area contributed by atoms with Crippen LogP contribution in [0.3, 0.4) is 0 Å². The molecular weight excluding hydrogens is 630 g/mol. The summed E-state index contributed by atoms with van der Waals surface area (Å²) in [5.41, 5.74) is 7.52. The quantitative estimate of drug-likeness (QED) is 0.105. The molecule has 0 radical (unpaired) electrons. The number of halogens is 2. The van der Waals surface area contributed by atoms with E-state index in [9.17, 15) is 0 Å². The van der Waals surface area contributed by atoms with Gasteiger partial charge in [0.1, 0.15) is 0 Å². The zero-order chi connectivity index (χ0) is 32.4. The number of rotatable bonds is 21. The topological polar surface area (TPSA) is 53.5 Å². The molecule has 0 atom stereocenters. The summed E-state index contributed by atoms with van der Waals surface area (Å²) >= 11 is 0.00694. The average Bonchev–Trinajstić information content (AvgIpc) is 3.76. The molecule has 44 heavy (non-hydrogen) atoms. The minimum atomic E-state index is -0.686. The molecule has 3 rings (SSSR count). The Morgan fingerprint density at radius 2 is 0.727 bits per heavy atom. The molecule has 3 heterocycles. The second-order valence-electron chi connectivity index (χ2n) is 12.3. The summed E-state index contributed by atoms with van der Waals surface area (Å²) in [5.74, 6) is -0.686. The Bertz CT molecular complexity index is 1040. The molecule has 0 bridgehead atoms. The van der Waals surface area contributed by atoms with Gasteiger partial charge < -0.3 is 0 Å². The molecular formula is C35H60Cl2MnN6. The van der Waals surface area contributed by atoms with E-state index in [2.05, 4.69) is 80.7 Å². The number of aromatic nitrogens is 6. The zero-order valence-corrected chi connectivity index (χ0v) is 31.5. The van der Waals surface area contributed by atoms with Gasteiger partial charge in [0.25, 0.3) is 0 Å². The first-order chi connectivity index (χ1) is 21.4. The third-order valence-electron chi connectivity index (χ3n) is 8.42. The van der Waals surface area contributed by atoms with Crippen molar-refractivity contribution < 1.29 is 13.1 Å². The molecule has 0 aliphatic rings. The summed E-state index contributed by atoms with van der Waals surface area (Å²) in [5, 5.41) is 16.2. The van der Waals surface area contributed by atoms with Crippen LogP contribution in [-0.4, -0.2) is 29.3 Å². The van der Waals surface area contributed by atoms with Crippen molar-refractivity contribution >= 4 is 20.2 Å². The minimum absolute atomic E-state index is 0.00694. The van der Waals surface area contributed by atoms with Gasteiger partial charge in [-0.05, 0) is 95.2 Å². The van der Waals surface area contributed by atoms with Gasteiger partial charge >= 0.3 is 33.3 Å². The predicted molar refractivity (Wildman–Crippen MR) is 185 cm³/mol.